The zero-order chi connectivity index (χ0) is 15.4. The molecule has 7 nitrogen and oxygen atoms in total. The van der Waals surface area contributed by atoms with Gasteiger partial charge in [-0.1, -0.05) is 0 Å². The number of rotatable bonds is 2. The second-order valence-corrected chi connectivity index (χ2v) is 6.38. The van der Waals surface area contributed by atoms with Crippen molar-refractivity contribution < 1.29 is 25.8 Å². The van der Waals surface area contributed by atoms with Gasteiger partial charge in [0.15, 0.2) is 11.4 Å². The molecule has 0 saturated carbocycles. The lowest BCUT2D eigenvalue weighted by Crippen LogP contribution is -2.28. The third-order valence-electron chi connectivity index (χ3n) is 2.54. The molecule has 3 heterocycles. The fraction of sp³-hybridized carbons (Fsp3) is 0.111. The van der Waals surface area contributed by atoms with Crippen molar-refractivity contribution in [1.29, 1.82) is 0 Å². The lowest BCUT2D eigenvalue weighted by atomic mass is 10.3. The zero-order valence-electron chi connectivity index (χ0n) is 9.72. The third kappa shape index (κ3) is 2.23. The molecule has 12 heteroatoms. The molecule has 1 N–H and O–H groups in total. The van der Waals surface area contributed by atoms with Gasteiger partial charge < -0.3 is 4.18 Å². The average Bonchev–Trinajstić information content (AvgIpc) is 2.85. The molecule has 0 atom stereocenters. The first-order chi connectivity index (χ1) is 9.69. The van der Waals surface area contributed by atoms with Crippen LogP contribution < -0.4 is 4.18 Å². The molecule has 0 saturated heterocycles. The Morgan fingerprint density at radius 3 is 2.76 bits per heavy atom. The van der Waals surface area contributed by atoms with Crippen molar-refractivity contribution in [3.63, 3.8) is 0 Å². The molecule has 0 unspecified atom stereocenters. The Morgan fingerprint density at radius 2 is 2.10 bits per heavy atom. The van der Waals surface area contributed by atoms with E-state index in [2.05, 4.69) is 35.4 Å². The lowest BCUT2D eigenvalue weighted by molar-refractivity contribution is -0.0499. The van der Waals surface area contributed by atoms with Crippen LogP contribution in [-0.4, -0.2) is 33.7 Å². The van der Waals surface area contributed by atoms with Crippen LogP contribution in [0, 0.1) is 0 Å². The molecule has 0 fully saturated rings. The van der Waals surface area contributed by atoms with Gasteiger partial charge in [0.25, 0.3) is 0 Å². The van der Waals surface area contributed by atoms with Gasteiger partial charge in [-0.3, -0.25) is 5.10 Å². The number of pyridine rings is 1. The summed E-state index contributed by atoms with van der Waals surface area (Å²) in [5.74, 6) is -0.509. The molecular formula is C9H4BrF3N4O3S. The summed E-state index contributed by atoms with van der Waals surface area (Å²) < 4.78 is 65.3. The van der Waals surface area contributed by atoms with Crippen LogP contribution in [0.3, 0.4) is 0 Å². The predicted molar refractivity (Wildman–Crippen MR) is 68.1 cm³/mol. The van der Waals surface area contributed by atoms with Crippen molar-refractivity contribution in [1.82, 2.24) is 19.8 Å². The summed E-state index contributed by atoms with van der Waals surface area (Å²) in [6.07, 6.45) is 2.74. The van der Waals surface area contributed by atoms with Crippen LogP contribution in [0.1, 0.15) is 0 Å². The summed E-state index contributed by atoms with van der Waals surface area (Å²) >= 11 is 3.04. The fourth-order valence-electron chi connectivity index (χ4n) is 1.73. The number of fused-ring (bicyclic) bond motifs is 3. The summed E-state index contributed by atoms with van der Waals surface area (Å²) in [5, 5.41) is 10.5. The van der Waals surface area contributed by atoms with E-state index in [4.69, 9.17) is 0 Å². The van der Waals surface area contributed by atoms with Gasteiger partial charge in [-0.25, -0.2) is 4.52 Å². The maximum atomic E-state index is 12.4. The minimum absolute atomic E-state index is 0.0507. The Bertz CT molecular complexity index is 946. The molecule has 0 aliphatic carbocycles. The Morgan fingerprint density at radius 1 is 1.38 bits per heavy atom. The molecule has 0 aromatic carbocycles. The fourth-order valence-corrected chi connectivity index (χ4v) is 2.59. The highest BCUT2D eigenvalue weighted by atomic mass is 79.9. The number of aromatic amines is 1. The highest BCUT2D eigenvalue weighted by Gasteiger charge is 2.49. The largest absolute Gasteiger partial charge is 0.534 e. The Balaban J connectivity index is 2.26. The Labute approximate surface area is 122 Å². The highest BCUT2D eigenvalue weighted by Crippen LogP contribution is 2.34. The molecule has 3 aromatic rings. The van der Waals surface area contributed by atoms with Gasteiger partial charge in [-0.2, -0.15) is 26.7 Å². The van der Waals surface area contributed by atoms with Crippen LogP contribution in [-0.2, 0) is 10.1 Å². The van der Waals surface area contributed by atoms with Gasteiger partial charge in [0.2, 0.25) is 0 Å². The van der Waals surface area contributed by atoms with E-state index in [9.17, 15) is 21.6 Å². The Hall–Kier alpha value is -1.82. The summed E-state index contributed by atoms with van der Waals surface area (Å²) in [5.41, 5.74) is -5.20. The SMILES string of the molecule is O=S(=O)(Oc1cc(Br)cn2nc3[nH]ncc3c12)C(F)(F)F. The lowest BCUT2D eigenvalue weighted by Gasteiger charge is -2.10. The second kappa shape index (κ2) is 4.34. The standard InChI is InChI=1S/C9H4BrF3N4O3S/c10-4-1-6(20-21(18,19)9(11,12)13)7-5-2-14-15-8(5)16-17(7)3-4/h1-3H,(H,15,16). The predicted octanol–water partition coefficient (Wildman–Crippen LogP) is 2.20. The summed E-state index contributed by atoms with van der Waals surface area (Å²) in [6.45, 7) is 0. The zero-order valence-corrected chi connectivity index (χ0v) is 12.1. The molecule has 21 heavy (non-hydrogen) atoms. The van der Waals surface area contributed by atoms with Crippen molar-refractivity contribution in [3.8, 4) is 5.75 Å². The van der Waals surface area contributed by atoms with Gasteiger partial charge >= 0.3 is 15.6 Å². The summed E-state index contributed by atoms with van der Waals surface area (Å²) in [7, 11) is -5.78. The van der Waals surface area contributed by atoms with Crippen molar-refractivity contribution >= 4 is 42.6 Å². The van der Waals surface area contributed by atoms with Crippen molar-refractivity contribution in [2.45, 2.75) is 5.51 Å². The molecule has 0 aliphatic heterocycles. The number of hydrogen-bond donors (Lipinski definition) is 1. The van der Waals surface area contributed by atoms with Gasteiger partial charge in [-0.05, 0) is 22.0 Å². The molecule has 3 rings (SSSR count). The summed E-state index contributed by atoms with van der Waals surface area (Å²) in [6, 6.07) is 1.10. The number of aromatic nitrogens is 4. The molecular weight excluding hydrogens is 381 g/mol. The molecule has 0 bridgehead atoms. The van der Waals surface area contributed by atoms with Gasteiger partial charge in [0.05, 0.1) is 11.6 Å². The summed E-state index contributed by atoms with van der Waals surface area (Å²) in [4.78, 5) is 0. The molecule has 0 amide bonds. The first kappa shape index (κ1) is 14.1. The highest BCUT2D eigenvalue weighted by molar-refractivity contribution is 9.10. The van der Waals surface area contributed by atoms with E-state index in [1.807, 2.05) is 0 Å². The number of alkyl halides is 3. The molecule has 0 radical (unpaired) electrons. The van der Waals surface area contributed by atoms with E-state index in [0.717, 1.165) is 6.07 Å². The normalized spacial score (nSPS) is 13.1. The topological polar surface area (TPSA) is 89.4 Å². The van der Waals surface area contributed by atoms with Crippen LogP contribution in [0.2, 0.25) is 0 Å². The van der Waals surface area contributed by atoms with Crippen LogP contribution in [0.15, 0.2) is 22.9 Å². The second-order valence-electron chi connectivity index (χ2n) is 3.93. The van der Waals surface area contributed by atoms with Crippen LogP contribution in [0.5, 0.6) is 5.75 Å². The van der Waals surface area contributed by atoms with E-state index in [0.29, 0.717) is 9.86 Å². The number of nitrogens with one attached hydrogen (secondary N) is 1. The maximum absolute atomic E-state index is 12.4. The van der Waals surface area contributed by atoms with E-state index in [-0.39, 0.29) is 11.2 Å². The van der Waals surface area contributed by atoms with Crippen molar-refractivity contribution in [3.05, 3.63) is 22.9 Å². The number of hydrogen-bond acceptors (Lipinski definition) is 5. The number of H-pyrrole nitrogens is 1. The molecule has 3 aromatic heterocycles. The monoisotopic (exact) mass is 384 g/mol. The molecule has 112 valence electrons. The number of nitrogens with zero attached hydrogens (tertiary/aromatic N) is 3. The van der Waals surface area contributed by atoms with E-state index < -0.39 is 21.4 Å². The quantitative estimate of drug-likeness (QED) is 0.540. The third-order valence-corrected chi connectivity index (χ3v) is 3.94. The van der Waals surface area contributed by atoms with Gasteiger partial charge in [-0.15, -0.1) is 5.10 Å². The molecule has 0 aliphatic rings. The van der Waals surface area contributed by atoms with E-state index >= 15 is 0 Å². The minimum Gasteiger partial charge on any atom is -0.374 e. The first-order valence-corrected chi connectivity index (χ1v) is 7.41. The minimum atomic E-state index is -5.78. The number of halogens is 4. The molecule has 0 spiro atoms. The first-order valence-electron chi connectivity index (χ1n) is 5.21. The maximum Gasteiger partial charge on any atom is 0.534 e. The van der Waals surface area contributed by atoms with Crippen molar-refractivity contribution in [2.75, 3.05) is 0 Å². The Kier molecular flexibility index (Phi) is 2.92. The van der Waals surface area contributed by atoms with Crippen LogP contribution in [0.4, 0.5) is 13.2 Å². The average molecular weight is 385 g/mol. The van der Waals surface area contributed by atoms with Crippen molar-refractivity contribution in [2.24, 2.45) is 0 Å². The van der Waals surface area contributed by atoms with Gasteiger partial charge in [0.1, 0.15) is 5.52 Å². The van der Waals surface area contributed by atoms with E-state index in [1.54, 1.807) is 0 Å². The van der Waals surface area contributed by atoms with E-state index in [1.165, 1.54) is 16.9 Å². The van der Waals surface area contributed by atoms with Crippen LogP contribution in [0.25, 0.3) is 16.6 Å². The smallest absolute Gasteiger partial charge is 0.374 e. The van der Waals surface area contributed by atoms with Crippen LogP contribution >= 0.6 is 15.9 Å². The van der Waals surface area contributed by atoms with Gasteiger partial charge in [0, 0.05) is 10.7 Å².